The molecule has 2 aliphatic heterocycles. The molecular formula is C29H34ClN3O4. The van der Waals surface area contributed by atoms with Crippen molar-refractivity contribution >= 4 is 34.5 Å². The Balaban J connectivity index is 1.18. The predicted molar refractivity (Wildman–Crippen MR) is 145 cm³/mol. The maximum Gasteiger partial charge on any atom is 0.309 e. The predicted octanol–water partition coefficient (Wildman–Crippen LogP) is 5.90. The summed E-state index contributed by atoms with van der Waals surface area (Å²) in [7, 11) is 0. The van der Waals surface area contributed by atoms with Gasteiger partial charge in [0.15, 0.2) is 5.15 Å². The average Bonchev–Trinajstić information content (AvgIpc) is 3.24. The molecule has 3 aromatic rings. The minimum atomic E-state index is -0.0547. The summed E-state index contributed by atoms with van der Waals surface area (Å²) in [5.74, 6) is 1.57. The average molecular weight is 524 g/mol. The van der Waals surface area contributed by atoms with Crippen LogP contribution in [0, 0.1) is 5.92 Å². The third kappa shape index (κ3) is 5.78. The fourth-order valence-corrected chi connectivity index (χ4v) is 5.28. The SMILES string of the molecule is CCOC(=O)C1CCN(CC2=Cc3ccc(OCc4ccc5c(c4)c(Cl)nn5C(C)C)cc3OC2)CC1. The number of ether oxygens (including phenoxy) is 3. The van der Waals surface area contributed by atoms with Crippen LogP contribution in [0.4, 0.5) is 0 Å². The molecule has 0 amide bonds. The number of aromatic nitrogens is 2. The Hall–Kier alpha value is -3.03. The Morgan fingerprint density at radius 2 is 2.00 bits per heavy atom. The van der Waals surface area contributed by atoms with Crippen LogP contribution >= 0.6 is 11.6 Å². The van der Waals surface area contributed by atoms with Crippen LogP contribution < -0.4 is 9.47 Å². The Morgan fingerprint density at radius 1 is 1.19 bits per heavy atom. The maximum absolute atomic E-state index is 12.0. The van der Waals surface area contributed by atoms with Crippen molar-refractivity contribution in [1.82, 2.24) is 14.7 Å². The molecular weight excluding hydrogens is 490 g/mol. The third-order valence-corrected chi connectivity index (χ3v) is 7.29. The highest BCUT2D eigenvalue weighted by atomic mass is 35.5. The molecule has 0 saturated carbocycles. The number of halogens is 1. The van der Waals surface area contributed by atoms with Gasteiger partial charge in [0.2, 0.25) is 0 Å². The van der Waals surface area contributed by atoms with Gasteiger partial charge in [0.05, 0.1) is 18.0 Å². The van der Waals surface area contributed by atoms with Gasteiger partial charge >= 0.3 is 5.97 Å². The number of carbonyl (C=O) groups is 1. The number of likely N-dealkylation sites (tertiary alicyclic amines) is 1. The van der Waals surface area contributed by atoms with Crippen molar-refractivity contribution in [1.29, 1.82) is 0 Å². The summed E-state index contributed by atoms with van der Waals surface area (Å²) in [6.07, 6.45) is 3.91. The quantitative estimate of drug-likeness (QED) is 0.342. The lowest BCUT2D eigenvalue weighted by atomic mass is 9.96. The van der Waals surface area contributed by atoms with Gasteiger partial charge in [-0.1, -0.05) is 17.7 Å². The highest BCUT2D eigenvalue weighted by Crippen LogP contribution is 2.32. The van der Waals surface area contributed by atoms with Crippen molar-refractivity contribution in [2.75, 3.05) is 32.8 Å². The molecule has 5 rings (SSSR count). The van der Waals surface area contributed by atoms with Crippen LogP contribution in [0.2, 0.25) is 5.15 Å². The summed E-state index contributed by atoms with van der Waals surface area (Å²) in [5, 5.41) is 5.91. The lowest BCUT2D eigenvalue weighted by molar-refractivity contribution is -0.149. The molecule has 1 fully saturated rings. The van der Waals surface area contributed by atoms with Gasteiger partial charge in [-0.15, -0.1) is 0 Å². The van der Waals surface area contributed by atoms with Crippen LogP contribution in [0.25, 0.3) is 17.0 Å². The normalized spacial score (nSPS) is 16.4. The monoisotopic (exact) mass is 523 g/mol. The van der Waals surface area contributed by atoms with E-state index >= 15 is 0 Å². The lowest BCUT2D eigenvalue weighted by Crippen LogP contribution is -2.38. The molecule has 0 radical (unpaired) electrons. The minimum absolute atomic E-state index is 0.0311. The van der Waals surface area contributed by atoms with E-state index in [4.69, 9.17) is 25.8 Å². The van der Waals surface area contributed by atoms with Crippen LogP contribution in [-0.4, -0.2) is 53.5 Å². The van der Waals surface area contributed by atoms with Gasteiger partial charge in [0.1, 0.15) is 24.7 Å². The second-order valence-electron chi connectivity index (χ2n) is 10.1. The first kappa shape index (κ1) is 25.6. The zero-order chi connectivity index (χ0) is 25.9. The maximum atomic E-state index is 12.0. The van der Waals surface area contributed by atoms with Crippen molar-refractivity contribution in [2.45, 2.75) is 46.3 Å². The molecule has 0 atom stereocenters. The molecule has 0 aliphatic carbocycles. The van der Waals surface area contributed by atoms with Crippen molar-refractivity contribution in [2.24, 2.45) is 5.92 Å². The highest BCUT2D eigenvalue weighted by Gasteiger charge is 2.26. The van der Waals surface area contributed by atoms with Crippen molar-refractivity contribution in [3.63, 3.8) is 0 Å². The van der Waals surface area contributed by atoms with Crippen LogP contribution in [0.5, 0.6) is 11.5 Å². The van der Waals surface area contributed by atoms with E-state index in [9.17, 15) is 4.79 Å². The molecule has 37 heavy (non-hydrogen) atoms. The number of esters is 1. The van der Waals surface area contributed by atoms with Gasteiger partial charge in [-0.2, -0.15) is 5.10 Å². The first-order valence-electron chi connectivity index (χ1n) is 13.1. The topological polar surface area (TPSA) is 65.8 Å². The standard InChI is InChI=1S/C29H34ClN3O4/c1-4-35-29(34)22-9-11-32(12-10-22)16-21-13-23-6-7-24(15-27(23)37-18-21)36-17-20-5-8-26-25(14-20)28(30)31-33(26)19(2)3/h5-8,13-15,19,22H,4,9-12,16-18H2,1-3H3. The second-order valence-corrected chi connectivity index (χ2v) is 10.4. The molecule has 3 heterocycles. The van der Waals surface area contributed by atoms with E-state index in [0.29, 0.717) is 25.0 Å². The van der Waals surface area contributed by atoms with E-state index in [2.05, 4.69) is 42.1 Å². The molecule has 196 valence electrons. The van der Waals surface area contributed by atoms with Gasteiger partial charge in [-0.05, 0) is 88.2 Å². The summed E-state index contributed by atoms with van der Waals surface area (Å²) in [6.45, 7) is 10.1. The Bertz CT molecular complexity index is 1310. The number of hydrogen-bond donors (Lipinski definition) is 0. The first-order valence-corrected chi connectivity index (χ1v) is 13.4. The van der Waals surface area contributed by atoms with E-state index in [1.165, 1.54) is 5.57 Å². The molecule has 2 aliphatic rings. The van der Waals surface area contributed by atoms with E-state index in [1.807, 2.05) is 35.9 Å². The Labute approximate surface area is 222 Å². The van der Waals surface area contributed by atoms with E-state index < -0.39 is 0 Å². The minimum Gasteiger partial charge on any atom is -0.489 e. The van der Waals surface area contributed by atoms with Crippen LogP contribution in [0.1, 0.15) is 50.8 Å². The number of rotatable bonds is 8. The Kier molecular flexibility index (Phi) is 7.72. The molecule has 1 saturated heterocycles. The summed E-state index contributed by atoms with van der Waals surface area (Å²) >= 11 is 6.38. The van der Waals surface area contributed by atoms with Gasteiger partial charge < -0.3 is 14.2 Å². The zero-order valence-corrected chi connectivity index (χ0v) is 22.5. The number of nitrogens with zero attached hydrogens (tertiary/aromatic N) is 3. The number of hydrogen-bond acceptors (Lipinski definition) is 6. The number of carbonyl (C=O) groups excluding carboxylic acids is 1. The number of benzene rings is 2. The molecule has 1 aromatic heterocycles. The first-order chi connectivity index (χ1) is 17.9. The molecule has 7 nitrogen and oxygen atoms in total. The smallest absolute Gasteiger partial charge is 0.309 e. The van der Waals surface area contributed by atoms with Crippen molar-refractivity contribution < 1.29 is 19.0 Å². The lowest BCUT2D eigenvalue weighted by Gasteiger charge is -2.32. The second kappa shape index (κ2) is 11.2. The van der Waals surface area contributed by atoms with Gasteiger partial charge in [-0.3, -0.25) is 14.4 Å². The van der Waals surface area contributed by atoms with Crippen molar-refractivity contribution in [3.8, 4) is 11.5 Å². The molecule has 8 heteroatoms. The van der Waals surface area contributed by atoms with Gasteiger partial charge in [-0.25, -0.2) is 0 Å². The van der Waals surface area contributed by atoms with Crippen LogP contribution in [0.15, 0.2) is 42.0 Å². The fourth-order valence-electron chi connectivity index (χ4n) is 5.05. The van der Waals surface area contributed by atoms with Crippen LogP contribution in [-0.2, 0) is 16.1 Å². The summed E-state index contributed by atoms with van der Waals surface area (Å²) < 4.78 is 19.3. The summed E-state index contributed by atoms with van der Waals surface area (Å²) in [4.78, 5) is 14.4. The number of piperidine rings is 1. The van der Waals surface area contributed by atoms with E-state index in [0.717, 1.165) is 66.0 Å². The molecule has 0 bridgehead atoms. The Morgan fingerprint density at radius 3 is 2.76 bits per heavy atom. The highest BCUT2D eigenvalue weighted by molar-refractivity contribution is 6.34. The van der Waals surface area contributed by atoms with Gasteiger partial charge in [0, 0.05) is 29.6 Å². The molecule has 0 N–H and O–H groups in total. The van der Waals surface area contributed by atoms with E-state index in [-0.39, 0.29) is 17.9 Å². The molecule has 0 spiro atoms. The van der Waals surface area contributed by atoms with Gasteiger partial charge in [0.25, 0.3) is 0 Å². The summed E-state index contributed by atoms with van der Waals surface area (Å²) in [6, 6.07) is 12.4. The zero-order valence-electron chi connectivity index (χ0n) is 21.7. The number of fused-ring (bicyclic) bond motifs is 2. The largest absolute Gasteiger partial charge is 0.489 e. The van der Waals surface area contributed by atoms with E-state index in [1.54, 1.807) is 0 Å². The summed E-state index contributed by atoms with van der Waals surface area (Å²) in [5.41, 5.74) is 4.36. The molecule has 2 aromatic carbocycles. The van der Waals surface area contributed by atoms with Crippen molar-refractivity contribution in [3.05, 3.63) is 58.3 Å². The fraction of sp³-hybridized carbons (Fsp3) is 0.448. The molecule has 0 unspecified atom stereocenters. The van der Waals surface area contributed by atoms with Crippen LogP contribution in [0.3, 0.4) is 0 Å². The third-order valence-electron chi connectivity index (χ3n) is 7.01.